The first kappa shape index (κ1) is 87.0. The van der Waals surface area contributed by atoms with Gasteiger partial charge in [-0.1, -0.05) is 455 Å². The highest BCUT2D eigenvalue weighted by molar-refractivity contribution is 6.01. The summed E-state index contributed by atoms with van der Waals surface area (Å²) in [4.78, 5) is 43.9. The molecule has 0 atom stereocenters. The van der Waals surface area contributed by atoms with Crippen molar-refractivity contribution in [2.45, 2.75) is 0 Å². The number of nitrogens with zero attached hydrogens (tertiary/aromatic N) is 9. The lowest BCUT2D eigenvalue weighted by atomic mass is 9.95. The molecule has 6 aromatic heterocycles. The molecule has 0 amide bonds. The third-order valence-electron chi connectivity index (χ3n) is 26.3. The first-order valence-corrected chi connectivity index (χ1v) is 47.7. The van der Waals surface area contributed by atoms with Crippen molar-refractivity contribution in [2.75, 3.05) is 0 Å². The first-order valence-electron chi connectivity index (χ1n) is 47.7. The van der Waals surface area contributed by atoms with Crippen LogP contribution in [0, 0.1) is 0 Å². The molecule has 0 unspecified atom stereocenters. The molecule has 6 heterocycles. The predicted molar refractivity (Wildman–Crippen MR) is 587 cm³/mol. The second-order valence-corrected chi connectivity index (χ2v) is 35.2. The second-order valence-electron chi connectivity index (χ2n) is 35.2. The monoisotopic (exact) mass is 1810 g/mol. The van der Waals surface area contributed by atoms with Crippen LogP contribution in [-0.2, 0) is 0 Å². The molecule has 0 radical (unpaired) electrons. The Bertz CT molecular complexity index is 8800. The highest BCUT2D eigenvalue weighted by atomic mass is 14.9. The van der Waals surface area contributed by atoms with Gasteiger partial charge < -0.3 is 0 Å². The van der Waals surface area contributed by atoms with E-state index in [1.807, 2.05) is 67.4 Å². The number of pyridine rings is 3. The molecule has 0 fully saturated rings. The molecule has 25 aromatic rings. The summed E-state index contributed by atoms with van der Waals surface area (Å²) in [5.41, 5.74) is 35.2. The Morgan fingerprint density at radius 1 is 0.127 bits per heavy atom. The minimum absolute atomic E-state index is 0.689. The van der Waals surface area contributed by atoms with Gasteiger partial charge in [-0.3, -0.25) is 15.0 Å². The normalized spacial score (nSPS) is 11.1. The number of fused-ring (bicyclic) bond motifs is 4. The van der Waals surface area contributed by atoms with Crippen LogP contribution in [0.5, 0.6) is 0 Å². The summed E-state index contributed by atoms with van der Waals surface area (Å²) < 4.78 is 0. The number of rotatable bonds is 18. The van der Waals surface area contributed by atoms with Crippen LogP contribution in [0.2, 0.25) is 0 Å². The Kier molecular flexibility index (Phi) is 24.5. The summed E-state index contributed by atoms with van der Waals surface area (Å²) in [6, 6.07) is 174. The topological polar surface area (TPSA) is 116 Å². The molecule has 666 valence electrons. The molecule has 9 nitrogen and oxygen atoms in total. The fourth-order valence-electron chi connectivity index (χ4n) is 18.9. The molecule has 142 heavy (non-hydrogen) atoms. The van der Waals surface area contributed by atoms with Crippen LogP contribution in [0.25, 0.3) is 245 Å². The van der Waals surface area contributed by atoms with Crippen LogP contribution in [0.3, 0.4) is 0 Å². The van der Waals surface area contributed by atoms with Crippen molar-refractivity contribution < 1.29 is 0 Å². The average molecular weight is 1810 g/mol. The maximum Gasteiger partial charge on any atom is 0.160 e. The number of hydrogen-bond acceptors (Lipinski definition) is 9. The molecule has 25 rings (SSSR count). The molecule has 0 saturated heterocycles. The third-order valence-corrected chi connectivity index (χ3v) is 26.3. The van der Waals surface area contributed by atoms with Crippen LogP contribution in [0.4, 0.5) is 0 Å². The lowest BCUT2D eigenvalue weighted by molar-refractivity contribution is 1.18. The zero-order valence-electron chi connectivity index (χ0n) is 77.4. The average Bonchev–Trinajstić information content (AvgIpc) is 0.790. The Hall–Kier alpha value is -19.1. The van der Waals surface area contributed by atoms with Crippen LogP contribution < -0.4 is 0 Å². The van der Waals surface area contributed by atoms with E-state index in [9.17, 15) is 0 Å². The van der Waals surface area contributed by atoms with Gasteiger partial charge in [-0.15, -0.1) is 0 Å². The van der Waals surface area contributed by atoms with E-state index in [-0.39, 0.29) is 0 Å². The standard InChI is InChI=1S/C47H31N3.2C43H29N3/c1-2-10-32(11-3-1)33-20-24-36(25-21-33)45-29-46(37-26-22-35(23-27-37)44-31-48-30-40-13-5-7-18-43(40)44)50-47(49-45)39-16-8-15-38(28-39)42-19-9-14-34-12-4-6-17-41(34)42;1-2-9-30(10-3-1)31-18-22-34(23-19-31)41-28-42(37-14-6-13-36(27-37)38-15-8-26-44-29-38)46-43(45-41)35-24-20-33(21-25-35)40-17-7-12-32-11-4-5-16-39(32)40;1-2-9-30(10-3-1)31-18-20-34(21-19-31)41-29-45-43(46-42(41)37-14-6-13-36(27-37)38-15-8-26-44-28-38)35-24-22-33(23-25-35)40-17-7-12-32-11-4-5-16-39(32)40/h1-31H;2*1-29H. The van der Waals surface area contributed by atoms with Crippen molar-refractivity contribution in [3.05, 3.63) is 541 Å². The van der Waals surface area contributed by atoms with Crippen LogP contribution in [0.1, 0.15) is 0 Å². The van der Waals surface area contributed by atoms with Gasteiger partial charge in [0.15, 0.2) is 17.5 Å². The molecule has 0 aliphatic rings. The van der Waals surface area contributed by atoms with E-state index in [2.05, 4.69) is 476 Å². The molecule has 0 bridgehead atoms. The van der Waals surface area contributed by atoms with E-state index >= 15 is 0 Å². The molecule has 0 N–H and O–H groups in total. The van der Waals surface area contributed by atoms with Crippen molar-refractivity contribution in [1.82, 2.24) is 44.9 Å². The first-order chi connectivity index (χ1) is 70.3. The summed E-state index contributed by atoms with van der Waals surface area (Å²) in [6.45, 7) is 0. The molecule has 0 saturated carbocycles. The lowest BCUT2D eigenvalue weighted by Gasteiger charge is -2.13. The van der Waals surface area contributed by atoms with E-state index in [1.54, 1.807) is 12.4 Å². The fourth-order valence-corrected chi connectivity index (χ4v) is 18.9. The van der Waals surface area contributed by atoms with E-state index in [4.69, 9.17) is 29.9 Å². The SMILES string of the molecule is c1ccc(-c2ccc(-c3cc(-c4ccc(-c5cncc6ccccc56)cc4)nc(-c4cccc(-c5cccc6ccccc56)c4)n3)cc2)cc1.c1ccc(-c2ccc(-c3cc(-c4cccc(-c5cccnc5)c4)nc(-c4ccc(-c5cccc6ccccc56)cc4)n3)cc2)cc1.c1ccc(-c2ccc(-c3cnc(-c4ccc(-c5cccc6ccccc56)cc4)nc3-c3cccc(-c4cccnc4)c3)cc2)cc1. The molecule has 0 aliphatic carbocycles. The smallest absolute Gasteiger partial charge is 0.160 e. The summed E-state index contributed by atoms with van der Waals surface area (Å²) in [7, 11) is 0. The number of hydrogen-bond donors (Lipinski definition) is 0. The van der Waals surface area contributed by atoms with Gasteiger partial charge in [0.05, 0.1) is 28.5 Å². The van der Waals surface area contributed by atoms with Crippen molar-refractivity contribution in [3.8, 4) is 202 Å². The molecule has 9 heteroatoms. The maximum absolute atomic E-state index is 5.23. The van der Waals surface area contributed by atoms with E-state index in [1.165, 1.54) is 93.3 Å². The zero-order chi connectivity index (χ0) is 94.7. The van der Waals surface area contributed by atoms with E-state index in [0.717, 1.165) is 134 Å². The Morgan fingerprint density at radius 2 is 0.415 bits per heavy atom. The van der Waals surface area contributed by atoms with Crippen molar-refractivity contribution in [1.29, 1.82) is 0 Å². The quantitative estimate of drug-likeness (QED) is 0.0828. The van der Waals surface area contributed by atoms with Crippen molar-refractivity contribution >= 4 is 43.1 Å². The molecule has 0 spiro atoms. The molecule has 0 aliphatic heterocycles. The Balaban J connectivity index is 0.000000119. The minimum atomic E-state index is 0.689. The minimum Gasteiger partial charge on any atom is -0.264 e. The maximum atomic E-state index is 5.23. The van der Waals surface area contributed by atoms with Crippen LogP contribution in [-0.4, -0.2) is 44.9 Å². The molecule has 19 aromatic carbocycles. The summed E-state index contributed by atoms with van der Waals surface area (Å²) in [6.07, 6.45) is 13.2. The fraction of sp³-hybridized carbons (Fsp3) is 0. The summed E-state index contributed by atoms with van der Waals surface area (Å²) in [5, 5.41) is 9.71. The van der Waals surface area contributed by atoms with Gasteiger partial charge >= 0.3 is 0 Å². The van der Waals surface area contributed by atoms with Gasteiger partial charge in [-0.2, -0.15) is 0 Å². The van der Waals surface area contributed by atoms with Crippen molar-refractivity contribution in [3.63, 3.8) is 0 Å². The van der Waals surface area contributed by atoms with Crippen LogP contribution >= 0.6 is 0 Å². The van der Waals surface area contributed by atoms with Gasteiger partial charge in [0.25, 0.3) is 0 Å². The predicted octanol–water partition coefficient (Wildman–Crippen LogP) is 34.2. The summed E-state index contributed by atoms with van der Waals surface area (Å²) in [5.74, 6) is 2.07. The second kappa shape index (κ2) is 40.1. The zero-order valence-corrected chi connectivity index (χ0v) is 77.4. The highest BCUT2D eigenvalue weighted by Gasteiger charge is 2.21. The van der Waals surface area contributed by atoms with E-state index in [0.29, 0.717) is 17.5 Å². The number of aromatic nitrogens is 9. The Morgan fingerprint density at radius 3 is 0.859 bits per heavy atom. The van der Waals surface area contributed by atoms with Gasteiger partial charge in [-0.05, 0) is 169 Å². The molecular weight excluding hydrogens is 1720 g/mol. The van der Waals surface area contributed by atoms with Gasteiger partial charge in [0.1, 0.15) is 0 Å². The largest absolute Gasteiger partial charge is 0.264 e. The number of benzene rings is 19. The van der Waals surface area contributed by atoms with E-state index < -0.39 is 0 Å². The van der Waals surface area contributed by atoms with Gasteiger partial charge in [0, 0.05) is 116 Å². The van der Waals surface area contributed by atoms with Crippen molar-refractivity contribution in [2.24, 2.45) is 0 Å². The third kappa shape index (κ3) is 18.8. The van der Waals surface area contributed by atoms with Crippen LogP contribution in [0.15, 0.2) is 541 Å². The lowest BCUT2D eigenvalue weighted by Crippen LogP contribution is -1.96. The van der Waals surface area contributed by atoms with Gasteiger partial charge in [0.2, 0.25) is 0 Å². The highest BCUT2D eigenvalue weighted by Crippen LogP contribution is 2.42. The Labute approximate surface area is 824 Å². The van der Waals surface area contributed by atoms with Gasteiger partial charge in [-0.25, -0.2) is 29.9 Å². The molecular formula is C133H89N9. The summed E-state index contributed by atoms with van der Waals surface area (Å²) >= 11 is 0.